The molecule has 36 heavy (non-hydrogen) atoms. The maximum absolute atomic E-state index is 13.8. The first-order chi connectivity index (χ1) is 17.5. The van der Waals surface area contributed by atoms with Crippen molar-refractivity contribution in [2.45, 2.75) is 6.42 Å². The van der Waals surface area contributed by atoms with Crippen LogP contribution in [0.3, 0.4) is 0 Å². The first-order valence-corrected chi connectivity index (χ1v) is 11.8. The second-order valence-electron chi connectivity index (χ2n) is 8.26. The third kappa shape index (κ3) is 4.76. The first kappa shape index (κ1) is 23.5. The number of carbonyl (C=O) groups excluding carboxylic acids is 1. The molecule has 1 aromatic heterocycles. The summed E-state index contributed by atoms with van der Waals surface area (Å²) in [6.45, 7) is 0.770. The Hall–Kier alpha value is -4.29. The average Bonchev–Trinajstić information content (AvgIpc) is 3.36. The summed E-state index contributed by atoms with van der Waals surface area (Å²) in [5.41, 5.74) is 3.04. The number of aromatic nitrogens is 1. The number of carboxylic acid groups (broad SMARTS) is 1. The lowest BCUT2D eigenvalue weighted by Gasteiger charge is -2.21. The summed E-state index contributed by atoms with van der Waals surface area (Å²) in [6.07, 6.45) is 3.68. The van der Waals surface area contributed by atoms with Crippen LogP contribution in [0.5, 0.6) is 11.5 Å². The van der Waals surface area contributed by atoms with Crippen LogP contribution >= 0.6 is 11.6 Å². The number of rotatable bonds is 7. The largest absolute Gasteiger partial charge is 0.486 e. The fraction of sp³-hybridized carbons (Fsp3) is 0.103. The quantitative estimate of drug-likeness (QED) is 0.255. The molecule has 0 aliphatic carbocycles. The summed E-state index contributed by atoms with van der Waals surface area (Å²) in [5, 5.41) is 10.3. The molecule has 0 spiro atoms. The molecule has 0 bridgehead atoms. The number of carbonyl (C=O) groups is 2. The molecule has 0 amide bonds. The van der Waals surface area contributed by atoms with Crippen molar-refractivity contribution in [1.29, 1.82) is 0 Å². The lowest BCUT2D eigenvalue weighted by Crippen LogP contribution is -2.18. The van der Waals surface area contributed by atoms with Gasteiger partial charge in [0.05, 0.1) is 11.3 Å². The van der Waals surface area contributed by atoms with Crippen molar-refractivity contribution < 1.29 is 24.2 Å². The van der Waals surface area contributed by atoms with Crippen LogP contribution in [0.4, 0.5) is 0 Å². The standard InChI is InChI=1S/C29H22ClNO5/c30-21-11-12-25(24(18-21)27(32)23-9-4-10-26-28(23)36-15-14-35-26)31-13-5-8-22(31)17-20(29(33)34)16-19-6-2-1-3-7-19/h1-13,17-18H,14-16H2,(H,33,34)/b20-17+. The number of fused-ring (bicyclic) bond motifs is 1. The second-order valence-corrected chi connectivity index (χ2v) is 8.70. The molecule has 6 nitrogen and oxygen atoms in total. The molecule has 0 saturated carbocycles. The molecule has 2 heterocycles. The van der Waals surface area contributed by atoms with Gasteiger partial charge in [-0.15, -0.1) is 0 Å². The van der Waals surface area contributed by atoms with Crippen LogP contribution in [0.1, 0.15) is 27.2 Å². The molecular formula is C29H22ClNO5. The smallest absolute Gasteiger partial charge is 0.331 e. The zero-order valence-electron chi connectivity index (χ0n) is 19.2. The van der Waals surface area contributed by atoms with E-state index in [1.165, 1.54) is 0 Å². The van der Waals surface area contributed by atoms with Gasteiger partial charge in [-0.05, 0) is 54.1 Å². The van der Waals surface area contributed by atoms with E-state index in [4.69, 9.17) is 21.1 Å². The zero-order valence-corrected chi connectivity index (χ0v) is 19.9. The zero-order chi connectivity index (χ0) is 25.1. The Bertz CT molecular complexity index is 1470. The number of ketones is 1. The molecule has 7 heteroatoms. The van der Waals surface area contributed by atoms with Crippen LogP contribution in [-0.2, 0) is 11.2 Å². The maximum atomic E-state index is 13.8. The van der Waals surface area contributed by atoms with Gasteiger partial charge in [0.15, 0.2) is 17.3 Å². The van der Waals surface area contributed by atoms with E-state index in [2.05, 4.69) is 0 Å². The number of carboxylic acids is 1. The van der Waals surface area contributed by atoms with E-state index in [0.717, 1.165) is 5.56 Å². The third-order valence-corrected chi connectivity index (χ3v) is 6.12. The number of hydrogen-bond donors (Lipinski definition) is 1. The fourth-order valence-electron chi connectivity index (χ4n) is 4.21. The minimum absolute atomic E-state index is 0.227. The molecule has 1 N–H and O–H groups in total. The van der Waals surface area contributed by atoms with Gasteiger partial charge in [-0.2, -0.15) is 0 Å². The van der Waals surface area contributed by atoms with E-state index in [0.29, 0.717) is 52.2 Å². The number of para-hydroxylation sites is 1. The lowest BCUT2D eigenvalue weighted by atomic mass is 9.99. The van der Waals surface area contributed by atoms with Crippen LogP contribution in [0.25, 0.3) is 11.8 Å². The normalized spacial score (nSPS) is 12.9. The Labute approximate surface area is 213 Å². The number of benzene rings is 3. The van der Waals surface area contributed by atoms with E-state index in [1.807, 2.05) is 30.3 Å². The molecule has 0 unspecified atom stereocenters. The highest BCUT2D eigenvalue weighted by atomic mass is 35.5. The van der Waals surface area contributed by atoms with Gasteiger partial charge in [-0.3, -0.25) is 4.79 Å². The Balaban J connectivity index is 1.57. The molecule has 180 valence electrons. The highest BCUT2D eigenvalue weighted by Crippen LogP contribution is 2.36. The summed E-state index contributed by atoms with van der Waals surface area (Å²) in [6, 6.07) is 23.3. The van der Waals surface area contributed by atoms with Crippen molar-refractivity contribution in [2.24, 2.45) is 0 Å². The van der Waals surface area contributed by atoms with Crippen molar-refractivity contribution >= 4 is 29.4 Å². The number of halogens is 1. The van der Waals surface area contributed by atoms with Crippen LogP contribution in [0.2, 0.25) is 5.02 Å². The number of ether oxygens (including phenoxy) is 2. The van der Waals surface area contributed by atoms with Crippen LogP contribution in [0, 0.1) is 0 Å². The second kappa shape index (κ2) is 10.1. The highest BCUT2D eigenvalue weighted by Gasteiger charge is 2.24. The van der Waals surface area contributed by atoms with Gasteiger partial charge in [0.25, 0.3) is 0 Å². The number of nitrogens with zero attached hydrogens (tertiary/aromatic N) is 1. The molecule has 0 atom stereocenters. The Kier molecular flexibility index (Phi) is 6.60. The van der Waals surface area contributed by atoms with Gasteiger partial charge in [-0.25, -0.2) is 4.79 Å². The molecular weight excluding hydrogens is 478 g/mol. The maximum Gasteiger partial charge on any atom is 0.331 e. The Morgan fingerprint density at radius 3 is 2.53 bits per heavy atom. The SMILES string of the molecule is O=C(O)/C(=C/c1cccn1-c1ccc(Cl)cc1C(=O)c1cccc2c1OCCO2)Cc1ccccc1. The van der Waals surface area contributed by atoms with Gasteiger partial charge in [-0.1, -0.05) is 48.0 Å². The summed E-state index contributed by atoms with van der Waals surface area (Å²) in [7, 11) is 0. The van der Waals surface area contributed by atoms with Crippen molar-refractivity contribution in [3.05, 3.63) is 118 Å². The molecule has 1 aliphatic heterocycles. The Morgan fingerprint density at radius 1 is 0.917 bits per heavy atom. The number of hydrogen-bond acceptors (Lipinski definition) is 4. The predicted molar refractivity (Wildman–Crippen MR) is 137 cm³/mol. The minimum atomic E-state index is -1.01. The highest BCUT2D eigenvalue weighted by molar-refractivity contribution is 6.31. The summed E-state index contributed by atoms with van der Waals surface area (Å²) in [4.78, 5) is 25.8. The van der Waals surface area contributed by atoms with E-state index in [9.17, 15) is 14.7 Å². The Morgan fingerprint density at radius 2 is 1.72 bits per heavy atom. The first-order valence-electron chi connectivity index (χ1n) is 11.4. The summed E-state index contributed by atoms with van der Waals surface area (Å²) >= 11 is 6.30. The minimum Gasteiger partial charge on any atom is -0.486 e. The van der Waals surface area contributed by atoms with Crippen molar-refractivity contribution in [3.8, 4) is 17.2 Å². The molecule has 0 radical (unpaired) electrons. The van der Waals surface area contributed by atoms with Gasteiger partial charge < -0.3 is 19.1 Å². The van der Waals surface area contributed by atoms with Gasteiger partial charge in [0.2, 0.25) is 0 Å². The van der Waals surface area contributed by atoms with Gasteiger partial charge >= 0.3 is 5.97 Å². The topological polar surface area (TPSA) is 77.8 Å². The lowest BCUT2D eigenvalue weighted by molar-refractivity contribution is -0.132. The summed E-state index contributed by atoms with van der Waals surface area (Å²) < 4.78 is 13.2. The fourth-order valence-corrected chi connectivity index (χ4v) is 4.38. The van der Waals surface area contributed by atoms with Gasteiger partial charge in [0, 0.05) is 34.5 Å². The molecule has 3 aromatic carbocycles. The van der Waals surface area contributed by atoms with E-state index < -0.39 is 5.97 Å². The molecule has 1 aliphatic rings. The predicted octanol–water partition coefficient (Wildman–Crippen LogP) is 5.84. The molecule has 0 saturated heterocycles. The van der Waals surface area contributed by atoms with Crippen LogP contribution in [-0.4, -0.2) is 34.6 Å². The monoisotopic (exact) mass is 499 g/mol. The van der Waals surface area contributed by atoms with Crippen LogP contribution < -0.4 is 9.47 Å². The van der Waals surface area contributed by atoms with Crippen molar-refractivity contribution in [3.63, 3.8) is 0 Å². The molecule has 5 rings (SSSR count). The van der Waals surface area contributed by atoms with Gasteiger partial charge in [0.1, 0.15) is 13.2 Å². The van der Waals surface area contributed by atoms with E-state index in [-0.39, 0.29) is 17.8 Å². The average molecular weight is 500 g/mol. The van der Waals surface area contributed by atoms with Crippen molar-refractivity contribution in [2.75, 3.05) is 13.2 Å². The summed E-state index contributed by atoms with van der Waals surface area (Å²) in [5.74, 6) is -0.358. The van der Waals surface area contributed by atoms with E-state index in [1.54, 1.807) is 65.4 Å². The third-order valence-electron chi connectivity index (χ3n) is 5.89. The van der Waals surface area contributed by atoms with Crippen molar-refractivity contribution in [1.82, 2.24) is 4.57 Å². The van der Waals surface area contributed by atoms with E-state index >= 15 is 0 Å². The molecule has 0 fully saturated rings. The molecule has 4 aromatic rings. The number of aliphatic carboxylic acids is 1. The van der Waals surface area contributed by atoms with Crippen LogP contribution in [0.15, 0.2) is 90.6 Å².